The van der Waals surface area contributed by atoms with Crippen molar-refractivity contribution in [1.82, 2.24) is 15.0 Å². The number of rotatable bonds is 3. The molecule has 0 aliphatic carbocycles. The van der Waals surface area contributed by atoms with Gasteiger partial charge in [-0.3, -0.25) is 15.1 Å². The summed E-state index contributed by atoms with van der Waals surface area (Å²) in [5, 5.41) is 4.86. The molecule has 0 saturated carbocycles. The van der Waals surface area contributed by atoms with E-state index in [1.165, 1.54) is 23.7 Å². The van der Waals surface area contributed by atoms with Gasteiger partial charge in [0.25, 0.3) is 5.91 Å². The summed E-state index contributed by atoms with van der Waals surface area (Å²) < 4.78 is 0. The fourth-order valence-corrected chi connectivity index (χ4v) is 1.52. The first-order chi connectivity index (χ1) is 7.79. The Morgan fingerprint density at radius 3 is 3.00 bits per heavy atom. The molecule has 0 spiro atoms. The molecule has 4 N–H and O–H groups in total. The van der Waals surface area contributed by atoms with Crippen LogP contribution in [0.3, 0.4) is 0 Å². The summed E-state index contributed by atoms with van der Waals surface area (Å²) in [6.07, 6.45) is 4.37. The third kappa shape index (κ3) is 2.30. The predicted molar refractivity (Wildman–Crippen MR) is 59.9 cm³/mol. The van der Waals surface area contributed by atoms with E-state index in [0.29, 0.717) is 10.9 Å². The lowest BCUT2D eigenvalue weighted by Gasteiger charge is -2.02. The third-order valence-electron chi connectivity index (χ3n) is 1.67. The van der Waals surface area contributed by atoms with Gasteiger partial charge in [0.2, 0.25) is 0 Å². The molecule has 7 nitrogen and oxygen atoms in total. The van der Waals surface area contributed by atoms with Crippen molar-refractivity contribution < 1.29 is 4.79 Å². The quantitative estimate of drug-likeness (QED) is 0.528. The maximum absolute atomic E-state index is 11.7. The van der Waals surface area contributed by atoms with Gasteiger partial charge in [-0.05, 0) is 0 Å². The Hall–Kier alpha value is -2.06. The van der Waals surface area contributed by atoms with Crippen molar-refractivity contribution in [3.05, 3.63) is 29.7 Å². The number of nitrogens with one attached hydrogen (secondary N) is 2. The lowest BCUT2D eigenvalue weighted by atomic mass is 10.4. The zero-order valence-electron chi connectivity index (χ0n) is 8.04. The van der Waals surface area contributed by atoms with Gasteiger partial charge in [0.15, 0.2) is 10.9 Å². The van der Waals surface area contributed by atoms with E-state index in [9.17, 15) is 4.79 Å². The predicted octanol–water partition coefficient (Wildman–Crippen LogP) is 0.471. The average Bonchev–Trinajstić information content (AvgIpc) is 2.82. The third-order valence-corrected chi connectivity index (χ3v) is 2.36. The zero-order valence-corrected chi connectivity index (χ0v) is 8.86. The van der Waals surface area contributed by atoms with E-state index in [0.717, 1.165) is 0 Å². The van der Waals surface area contributed by atoms with E-state index < -0.39 is 0 Å². The normalized spacial score (nSPS) is 9.81. The molecule has 8 heteroatoms. The zero-order chi connectivity index (χ0) is 11.4. The molecule has 0 saturated heterocycles. The maximum atomic E-state index is 11.7. The Bertz CT molecular complexity index is 485. The van der Waals surface area contributed by atoms with E-state index in [4.69, 9.17) is 5.84 Å². The van der Waals surface area contributed by atoms with E-state index in [-0.39, 0.29) is 11.6 Å². The van der Waals surface area contributed by atoms with E-state index in [1.54, 1.807) is 11.6 Å². The number of carbonyl (C=O) groups is 1. The van der Waals surface area contributed by atoms with Gasteiger partial charge < -0.3 is 5.43 Å². The molecule has 0 atom stereocenters. The topological polar surface area (TPSA) is 106 Å². The van der Waals surface area contributed by atoms with Gasteiger partial charge in [-0.2, -0.15) is 0 Å². The van der Waals surface area contributed by atoms with Crippen molar-refractivity contribution in [3.8, 4) is 0 Å². The molecule has 2 aromatic rings. The van der Waals surface area contributed by atoms with Gasteiger partial charge in [0.05, 0.1) is 12.4 Å². The van der Waals surface area contributed by atoms with Crippen LogP contribution in [0.4, 0.5) is 10.9 Å². The second kappa shape index (κ2) is 4.64. The van der Waals surface area contributed by atoms with Crippen LogP contribution in [0, 0.1) is 0 Å². The van der Waals surface area contributed by atoms with Crippen molar-refractivity contribution in [1.29, 1.82) is 0 Å². The lowest BCUT2D eigenvalue weighted by Crippen LogP contribution is -2.16. The molecule has 1 amide bonds. The van der Waals surface area contributed by atoms with Gasteiger partial charge in [-0.25, -0.2) is 15.8 Å². The number of amides is 1. The smallest absolute Gasteiger partial charge is 0.277 e. The molecule has 0 aliphatic rings. The molecule has 16 heavy (non-hydrogen) atoms. The highest BCUT2D eigenvalue weighted by Gasteiger charge is 2.09. The Balaban J connectivity index is 2.14. The maximum Gasteiger partial charge on any atom is 0.277 e. The monoisotopic (exact) mass is 236 g/mol. The first-order valence-electron chi connectivity index (χ1n) is 4.29. The van der Waals surface area contributed by atoms with Crippen molar-refractivity contribution in [3.63, 3.8) is 0 Å². The van der Waals surface area contributed by atoms with E-state index in [1.807, 2.05) is 0 Å². The van der Waals surface area contributed by atoms with Crippen LogP contribution in [0.5, 0.6) is 0 Å². The number of hydrazine groups is 1. The van der Waals surface area contributed by atoms with E-state index >= 15 is 0 Å². The minimum absolute atomic E-state index is 0.172. The largest absolute Gasteiger partial charge is 0.307 e. The van der Waals surface area contributed by atoms with Crippen LogP contribution in [0.25, 0.3) is 0 Å². The van der Waals surface area contributed by atoms with Crippen LogP contribution < -0.4 is 16.6 Å². The first-order valence-corrected chi connectivity index (χ1v) is 5.17. The molecule has 0 fully saturated rings. The summed E-state index contributed by atoms with van der Waals surface area (Å²) in [5.41, 5.74) is 2.49. The summed E-state index contributed by atoms with van der Waals surface area (Å²) in [7, 11) is 0. The van der Waals surface area contributed by atoms with Crippen LogP contribution in [-0.2, 0) is 0 Å². The minimum atomic E-state index is -0.375. The summed E-state index contributed by atoms with van der Waals surface area (Å²) >= 11 is 1.32. The molecule has 82 valence electrons. The van der Waals surface area contributed by atoms with Gasteiger partial charge >= 0.3 is 0 Å². The number of aromatic nitrogens is 3. The fraction of sp³-hybridized carbons (Fsp3) is 0. The molecular formula is C8H8N6OS. The highest BCUT2D eigenvalue weighted by atomic mass is 32.1. The van der Waals surface area contributed by atoms with Crippen LogP contribution in [0.15, 0.2) is 24.0 Å². The molecule has 0 aliphatic heterocycles. The Kier molecular flexibility index (Phi) is 3.03. The molecule has 2 rings (SSSR count). The summed E-state index contributed by atoms with van der Waals surface area (Å²) in [4.78, 5) is 23.3. The van der Waals surface area contributed by atoms with Gasteiger partial charge in [0, 0.05) is 11.6 Å². The van der Waals surface area contributed by atoms with Crippen LogP contribution in [-0.4, -0.2) is 20.9 Å². The van der Waals surface area contributed by atoms with Gasteiger partial charge in [-0.15, -0.1) is 11.3 Å². The number of nitrogen functional groups attached to an aromatic ring is 1. The number of anilines is 2. The fourth-order valence-electron chi connectivity index (χ4n) is 0.991. The molecule has 0 unspecified atom stereocenters. The van der Waals surface area contributed by atoms with Gasteiger partial charge in [-0.1, -0.05) is 0 Å². The second-order valence-corrected chi connectivity index (χ2v) is 3.62. The van der Waals surface area contributed by atoms with Crippen LogP contribution in [0.1, 0.15) is 10.5 Å². The summed E-state index contributed by atoms with van der Waals surface area (Å²) in [5.74, 6) is 5.11. The Morgan fingerprint density at radius 2 is 2.31 bits per heavy atom. The Labute approximate surface area is 94.7 Å². The molecule has 0 aromatic carbocycles. The average molecular weight is 236 g/mol. The number of thiazole rings is 1. The van der Waals surface area contributed by atoms with Crippen LogP contribution in [0.2, 0.25) is 0 Å². The van der Waals surface area contributed by atoms with Crippen molar-refractivity contribution in [2.45, 2.75) is 0 Å². The highest BCUT2D eigenvalue weighted by Crippen LogP contribution is 2.11. The molecule has 0 bridgehead atoms. The van der Waals surface area contributed by atoms with Gasteiger partial charge in [0.1, 0.15) is 5.69 Å². The lowest BCUT2D eigenvalue weighted by molar-refractivity contribution is 0.102. The number of nitrogens with zero attached hydrogens (tertiary/aromatic N) is 3. The van der Waals surface area contributed by atoms with Crippen molar-refractivity contribution in [2.24, 2.45) is 5.84 Å². The summed E-state index contributed by atoms with van der Waals surface area (Å²) in [6, 6.07) is 0. The Morgan fingerprint density at radius 1 is 1.44 bits per heavy atom. The minimum Gasteiger partial charge on any atom is -0.307 e. The second-order valence-electron chi connectivity index (χ2n) is 2.73. The molecule has 2 aromatic heterocycles. The van der Waals surface area contributed by atoms with Crippen LogP contribution >= 0.6 is 11.3 Å². The van der Waals surface area contributed by atoms with E-state index in [2.05, 4.69) is 25.7 Å². The standard InChI is InChI=1S/C8H8N6OS/c9-14-6-4-10-3-5(12-6)7(15)13-8-11-1-2-16-8/h1-4H,9H2,(H,12,14)(H,11,13,15). The van der Waals surface area contributed by atoms with Crippen molar-refractivity contribution >= 4 is 28.2 Å². The molecule has 2 heterocycles. The van der Waals surface area contributed by atoms with Crippen molar-refractivity contribution in [2.75, 3.05) is 10.7 Å². The number of carbonyl (C=O) groups excluding carboxylic acids is 1. The SMILES string of the molecule is NNc1cncc(C(=O)Nc2nccs2)n1. The number of hydrogen-bond acceptors (Lipinski definition) is 7. The summed E-state index contributed by atoms with van der Waals surface area (Å²) in [6.45, 7) is 0. The molecular weight excluding hydrogens is 228 g/mol. The molecule has 0 radical (unpaired) electrons. The highest BCUT2D eigenvalue weighted by molar-refractivity contribution is 7.13. The first kappa shape index (κ1) is 10.5. The number of nitrogens with two attached hydrogens (primary N) is 1. The number of hydrogen-bond donors (Lipinski definition) is 3.